The third-order valence-electron chi connectivity index (χ3n) is 9.89. The summed E-state index contributed by atoms with van der Waals surface area (Å²) in [6.07, 6.45) is 0. The molecule has 0 aliphatic rings. The van der Waals surface area contributed by atoms with Gasteiger partial charge in [-0.05, 0) is 104 Å². The Kier molecular flexibility index (Phi) is 4.97. The van der Waals surface area contributed by atoms with Crippen molar-refractivity contribution in [2.24, 2.45) is 0 Å². The van der Waals surface area contributed by atoms with E-state index >= 15 is 0 Å². The zero-order chi connectivity index (χ0) is 40.0. The van der Waals surface area contributed by atoms with Crippen LogP contribution in [-0.4, -0.2) is 0 Å². The minimum Gasteiger partial charge on any atom is -0.0622 e. The first kappa shape index (κ1) is 21.5. The SMILES string of the molecule is [2H]c1c([2H])c([2H])c2c(-c3cc4ccc5ccccc5c4c4ccccc34)c3c([2H])c([2H])c([2H])c([2H])c3c(-c3ccc(-c4ccc(-c5ccccc5)cc4)cc3)c2c1[2H]. The fourth-order valence-corrected chi connectivity index (χ4v) is 7.58. The second kappa shape index (κ2) is 11.6. The Balaban J connectivity index is 1.31. The minimum absolute atomic E-state index is 0.196. The van der Waals surface area contributed by atoms with E-state index in [4.69, 9.17) is 5.48 Å². The number of benzene rings is 10. The predicted octanol–water partition coefficient (Wildman–Crippen LogP) is 14.1. The van der Waals surface area contributed by atoms with Gasteiger partial charge in [0.1, 0.15) is 0 Å². The zero-order valence-corrected chi connectivity index (χ0v) is 26.9. The molecule has 10 aromatic rings. The number of hydrogen-bond donors (Lipinski definition) is 0. The van der Waals surface area contributed by atoms with Gasteiger partial charge in [0.15, 0.2) is 0 Å². The Morgan fingerprint density at radius 1 is 0.300 bits per heavy atom. The lowest BCUT2D eigenvalue weighted by molar-refractivity contribution is 1.59. The Bertz CT molecular complexity index is 3260. The van der Waals surface area contributed by atoms with E-state index < -0.39 is 24.2 Å². The first-order chi connectivity index (χ1) is 28.1. The Morgan fingerprint density at radius 3 is 1.34 bits per heavy atom. The van der Waals surface area contributed by atoms with E-state index in [1.54, 1.807) is 0 Å². The maximum absolute atomic E-state index is 9.49. The van der Waals surface area contributed by atoms with Gasteiger partial charge in [0.2, 0.25) is 0 Å². The minimum atomic E-state index is -0.421. The highest BCUT2D eigenvalue weighted by atomic mass is 14.2. The lowest BCUT2D eigenvalue weighted by Gasteiger charge is -2.20. The van der Waals surface area contributed by atoms with Crippen molar-refractivity contribution >= 4 is 53.9 Å². The standard InChI is InChI=1S/C50H32/c1-2-12-33(13-3-1)34-22-24-35(25-23-34)36-26-29-38(30-27-36)48-43-18-8-10-20-45(43)50(46-21-11-9-19-44(46)48)47-32-39-31-28-37-14-4-5-15-40(37)49(39)42-17-7-6-16-41(42)47/h1-32H/i8D,9D,10D,11D,18D,19D,20D,21D. The molecule has 0 spiro atoms. The predicted molar refractivity (Wildman–Crippen MR) is 216 cm³/mol. The topological polar surface area (TPSA) is 0 Å². The Morgan fingerprint density at radius 2 is 0.740 bits per heavy atom. The van der Waals surface area contributed by atoms with E-state index in [1.165, 1.54) is 0 Å². The molecule has 0 aliphatic carbocycles. The van der Waals surface area contributed by atoms with Crippen LogP contribution in [0.2, 0.25) is 0 Å². The van der Waals surface area contributed by atoms with Crippen LogP contribution in [-0.2, 0) is 0 Å². The van der Waals surface area contributed by atoms with Gasteiger partial charge < -0.3 is 0 Å². The number of rotatable bonds is 4. The lowest BCUT2D eigenvalue weighted by Crippen LogP contribution is -1.92. The molecule has 10 rings (SSSR count). The van der Waals surface area contributed by atoms with E-state index in [0.29, 0.717) is 22.3 Å². The lowest BCUT2D eigenvalue weighted by atomic mass is 9.83. The van der Waals surface area contributed by atoms with Crippen LogP contribution in [0.25, 0.3) is 98.4 Å². The first-order valence-electron chi connectivity index (χ1n) is 20.7. The van der Waals surface area contributed by atoms with Gasteiger partial charge in [-0.1, -0.05) is 188 Å². The van der Waals surface area contributed by atoms with Crippen molar-refractivity contribution in [3.05, 3.63) is 194 Å². The molecule has 0 radical (unpaired) electrons. The third-order valence-corrected chi connectivity index (χ3v) is 9.89. The fourth-order valence-electron chi connectivity index (χ4n) is 7.58. The van der Waals surface area contributed by atoms with Crippen LogP contribution < -0.4 is 0 Å². The molecule has 0 fully saturated rings. The Hall–Kier alpha value is -6.50. The molecule has 0 nitrogen and oxygen atoms in total. The van der Waals surface area contributed by atoms with E-state index in [-0.39, 0.29) is 45.7 Å². The maximum atomic E-state index is 9.49. The van der Waals surface area contributed by atoms with Crippen LogP contribution in [0.4, 0.5) is 0 Å². The van der Waals surface area contributed by atoms with Crippen LogP contribution in [0.15, 0.2) is 194 Å². The van der Waals surface area contributed by atoms with Crippen LogP contribution in [0.3, 0.4) is 0 Å². The molecular formula is C50H32. The molecule has 0 aromatic heterocycles. The van der Waals surface area contributed by atoms with Crippen LogP contribution in [0.1, 0.15) is 11.0 Å². The molecule has 0 bridgehead atoms. The monoisotopic (exact) mass is 640 g/mol. The van der Waals surface area contributed by atoms with Crippen molar-refractivity contribution in [2.45, 2.75) is 0 Å². The van der Waals surface area contributed by atoms with Gasteiger partial charge in [0, 0.05) is 0 Å². The smallest absolute Gasteiger partial charge is 0.0622 e. The molecule has 50 heavy (non-hydrogen) atoms. The molecule has 0 unspecified atom stereocenters. The average molecular weight is 641 g/mol. The highest BCUT2D eigenvalue weighted by molar-refractivity contribution is 6.28. The molecule has 0 saturated carbocycles. The molecule has 0 amide bonds. The first-order valence-corrected chi connectivity index (χ1v) is 16.7. The molecule has 0 saturated heterocycles. The van der Waals surface area contributed by atoms with Gasteiger partial charge in [-0.2, -0.15) is 0 Å². The van der Waals surface area contributed by atoms with Gasteiger partial charge in [-0.25, -0.2) is 0 Å². The quantitative estimate of drug-likeness (QED) is 0.133. The summed E-state index contributed by atoms with van der Waals surface area (Å²) in [5, 5.41) is 6.57. The van der Waals surface area contributed by atoms with E-state index in [2.05, 4.69) is 54.6 Å². The average Bonchev–Trinajstić information content (AvgIpc) is 3.27. The summed E-state index contributed by atoms with van der Waals surface area (Å²) in [4.78, 5) is 0. The molecule has 0 heterocycles. The molecular weight excluding hydrogens is 601 g/mol. The van der Waals surface area contributed by atoms with Crippen molar-refractivity contribution in [2.75, 3.05) is 0 Å². The molecule has 0 atom stereocenters. The summed E-state index contributed by atoms with van der Waals surface area (Å²) in [6, 6.07) is 45.4. The van der Waals surface area contributed by atoms with E-state index in [1.807, 2.05) is 91.0 Å². The summed E-state index contributed by atoms with van der Waals surface area (Å²) in [5.74, 6) is 0. The zero-order valence-electron chi connectivity index (χ0n) is 34.9. The van der Waals surface area contributed by atoms with Crippen molar-refractivity contribution < 1.29 is 11.0 Å². The van der Waals surface area contributed by atoms with Crippen LogP contribution in [0.5, 0.6) is 0 Å². The highest BCUT2D eigenvalue weighted by Crippen LogP contribution is 2.47. The van der Waals surface area contributed by atoms with Crippen LogP contribution >= 0.6 is 0 Å². The van der Waals surface area contributed by atoms with Gasteiger partial charge in [0.05, 0.1) is 11.0 Å². The largest absolute Gasteiger partial charge is 0.0629 e. The van der Waals surface area contributed by atoms with Gasteiger partial charge in [-0.15, -0.1) is 0 Å². The van der Waals surface area contributed by atoms with E-state index in [9.17, 15) is 5.48 Å². The van der Waals surface area contributed by atoms with Gasteiger partial charge in [0.25, 0.3) is 0 Å². The Labute approximate surface area is 302 Å². The number of hydrogen-bond acceptors (Lipinski definition) is 0. The van der Waals surface area contributed by atoms with Gasteiger partial charge >= 0.3 is 0 Å². The van der Waals surface area contributed by atoms with Gasteiger partial charge in [-0.3, -0.25) is 0 Å². The fraction of sp³-hybridized carbons (Fsp3) is 0. The second-order valence-electron chi connectivity index (χ2n) is 12.6. The summed E-state index contributed by atoms with van der Waals surface area (Å²) >= 11 is 0. The summed E-state index contributed by atoms with van der Waals surface area (Å²) < 4.78 is 73.4. The van der Waals surface area contributed by atoms with Crippen molar-refractivity contribution in [3.8, 4) is 44.5 Å². The molecule has 0 heteroatoms. The van der Waals surface area contributed by atoms with Crippen molar-refractivity contribution in [1.82, 2.24) is 0 Å². The molecule has 232 valence electrons. The molecule has 0 N–H and O–H groups in total. The summed E-state index contributed by atoms with van der Waals surface area (Å²) in [7, 11) is 0. The summed E-state index contributed by atoms with van der Waals surface area (Å²) in [6.45, 7) is 0. The van der Waals surface area contributed by atoms with E-state index in [0.717, 1.165) is 54.6 Å². The molecule has 10 aromatic carbocycles. The highest BCUT2D eigenvalue weighted by Gasteiger charge is 2.19. The van der Waals surface area contributed by atoms with Crippen molar-refractivity contribution in [1.29, 1.82) is 0 Å². The van der Waals surface area contributed by atoms with Crippen molar-refractivity contribution in [3.63, 3.8) is 0 Å². The number of fused-ring (bicyclic) bond motifs is 7. The summed E-state index contributed by atoms with van der Waals surface area (Å²) in [5.41, 5.74) is 5.97. The normalized spacial score (nSPS) is 13.8. The maximum Gasteiger partial charge on any atom is 0.0629 e. The molecule has 0 aliphatic heterocycles. The van der Waals surface area contributed by atoms with Crippen LogP contribution in [0, 0.1) is 0 Å². The third kappa shape index (κ3) is 4.54. The second-order valence-corrected chi connectivity index (χ2v) is 12.6.